The SMILES string of the molecule is COc1ccc(C(=O)N2CC([C@@H](C)Oc3ccc(Cl)cn3)[C@H](c3ccc(Cl)c(Cl)c3)C2)cn1. The minimum absolute atomic E-state index is 0.00257. The molecule has 33 heavy (non-hydrogen) atoms. The third-order valence-electron chi connectivity index (χ3n) is 5.83. The molecule has 1 saturated heterocycles. The van der Waals surface area contributed by atoms with Crippen molar-refractivity contribution in [2.24, 2.45) is 5.92 Å². The first-order chi connectivity index (χ1) is 15.9. The van der Waals surface area contributed by atoms with Crippen LogP contribution in [0.3, 0.4) is 0 Å². The second-order valence-electron chi connectivity index (χ2n) is 7.88. The number of likely N-dealkylation sites (tertiary alicyclic amines) is 1. The molecule has 3 aromatic rings. The van der Waals surface area contributed by atoms with Crippen LogP contribution in [0.15, 0.2) is 54.9 Å². The summed E-state index contributed by atoms with van der Waals surface area (Å²) < 4.78 is 11.2. The first kappa shape index (κ1) is 23.6. The van der Waals surface area contributed by atoms with E-state index in [-0.39, 0.29) is 23.8 Å². The number of carbonyl (C=O) groups excluding carboxylic acids is 1. The zero-order valence-electron chi connectivity index (χ0n) is 18.0. The van der Waals surface area contributed by atoms with E-state index in [1.165, 1.54) is 13.3 Å². The molecule has 0 radical (unpaired) electrons. The molecule has 3 atom stereocenters. The van der Waals surface area contributed by atoms with Crippen LogP contribution in [0, 0.1) is 5.92 Å². The number of rotatable bonds is 6. The second kappa shape index (κ2) is 10.2. The van der Waals surface area contributed by atoms with Crippen molar-refractivity contribution in [3.05, 3.63) is 81.1 Å². The lowest BCUT2D eigenvalue weighted by Gasteiger charge is -2.25. The van der Waals surface area contributed by atoms with E-state index in [1.807, 2.05) is 24.0 Å². The van der Waals surface area contributed by atoms with Gasteiger partial charge in [0.15, 0.2) is 0 Å². The number of pyridine rings is 2. The predicted octanol–water partition coefficient (Wildman–Crippen LogP) is 5.77. The van der Waals surface area contributed by atoms with Gasteiger partial charge in [0, 0.05) is 49.5 Å². The molecule has 1 aliphatic heterocycles. The van der Waals surface area contributed by atoms with Gasteiger partial charge in [0.25, 0.3) is 5.91 Å². The Bertz CT molecular complexity index is 1130. The van der Waals surface area contributed by atoms with Crippen molar-refractivity contribution >= 4 is 40.7 Å². The van der Waals surface area contributed by atoms with Crippen molar-refractivity contribution < 1.29 is 14.3 Å². The van der Waals surface area contributed by atoms with Crippen LogP contribution in [-0.4, -0.2) is 47.1 Å². The van der Waals surface area contributed by atoms with E-state index >= 15 is 0 Å². The molecule has 3 heterocycles. The van der Waals surface area contributed by atoms with Gasteiger partial charge in [0.1, 0.15) is 6.10 Å². The Morgan fingerprint density at radius 2 is 1.76 bits per heavy atom. The number of ether oxygens (including phenoxy) is 2. The highest BCUT2D eigenvalue weighted by molar-refractivity contribution is 6.42. The lowest BCUT2D eigenvalue weighted by Crippen LogP contribution is -2.32. The van der Waals surface area contributed by atoms with Crippen molar-refractivity contribution in [3.63, 3.8) is 0 Å². The Labute approximate surface area is 207 Å². The highest BCUT2D eigenvalue weighted by Gasteiger charge is 2.40. The van der Waals surface area contributed by atoms with Crippen molar-refractivity contribution in [3.8, 4) is 11.8 Å². The average Bonchev–Trinajstić information content (AvgIpc) is 3.27. The summed E-state index contributed by atoms with van der Waals surface area (Å²) in [5.41, 5.74) is 1.49. The van der Waals surface area contributed by atoms with Gasteiger partial charge in [-0.2, -0.15) is 0 Å². The Hall–Kier alpha value is -2.54. The van der Waals surface area contributed by atoms with E-state index < -0.39 is 0 Å². The smallest absolute Gasteiger partial charge is 0.255 e. The van der Waals surface area contributed by atoms with Gasteiger partial charge in [-0.25, -0.2) is 9.97 Å². The Kier molecular flexibility index (Phi) is 7.27. The van der Waals surface area contributed by atoms with Crippen LogP contribution in [0.4, 0.5) is 0 Å². The van der Waals surface area contributed by atoms with Gasteiger partial charge in [-0.05, 0) is 36.8 Å². The fraction of sp³-hybridized carbons (Fsp3) is 0.292. The van der Waals surface area contributed by atoms with Crippen LogP contribution in [0.1, 0.15) is 28.8 Å². The first-order valence-corrected chi connectivity index (χ1v) is 11.5. The number of hydrogen-bond donors (Lipinski definition) is 0. The maximum atomic E-state index is 13.2. The average molecular weight is 507 g/mol. The number of aromatic nitrogens is 2. The minimum Gasteiger partial charge on any atom is -0.481 e. The van der Waals surface area contributed by atoms with Gasteiger partial charge >= 0.3 is 0 Å². The van der Waals surface area contributed by atoms with E-state index in [0.717, 1.165) is 5.56 Å². The van der Waals surface area contributed by atoms with Gasteiger partial charge in [-0.3, -0.25) is 4.79 Å². The maximum absolute atomic E-state index is 13.2. The monoisotopic (exact) mass is 505 g/mol. The molecule has 6 nitrogen and oxygen atoms in total. The Morgan fingerprint density at radius 3 is 2.39 bits per heavy atom. The molecule has 0 saturated carbocycles. The van der Waals surface area contributed by atoms with Crippen LogP contribution in [0.25, 0.3) is 0 Å². The number of benzene rings is 1. The molecule has 4 rings (SSSR count). The zero-order valence-corrected chi connectivity index (χ0v) is 20.3. The van der Waals surface area contributed by atoms with Gasteiger partial charge in [-0.15, -0.1) is 0 Å². The van der Waals surface area contributed by atoms with Crippen molar-refractivity contribution in [1.82, 2.24) is 14.9 Å². The number of methoxy groups -OCH3 is 1. The highest BCUT2D eigenvalue weighted by Crippen LogP contribution is 2.38. The predicted molar refractivity (Wildman–Crippen MR) is 129 cm³/mol. The summed E-state index contributed by atoms with van der Waals surface area (Å²) in [6, 6.07) is 12.4. The van der Waals surface area contributed by atoms with E-state index in [9.17, 15) is 4.79 Å². The molecule has 9 heteroatoms. The van der Waals surface area contributed by atoms with Crippen LogP contribution in [-0.2, 0) is 0 Å². The number of carbonyl (C=O) groups is 1. The quantitative estimate of drug-likeness (QED) is 0.425. The topological polar surface area (TPSA) is 64.5 Å². The van der Waals surface area contributed by atoms with Crippen LogP contribution >= 0.6 is 34.8 Å². The maximum Gasteiger partial charge on any atom is 0.255 e. The Morgan fingerprint density at radius 1 is 1.00 bits per heavy atom. The minimum atomic E-state index is -0.232. The summed E-state index contributed by atoms with van der Waals surface area (Å²) in [4.78, 5) is 23.5. The van der Waals surface area contributed by atoms with E-state index in [1.54, 1.807) is 36.5 Å². The van der Waals surface area contributed by atoms with Gasteiger partial charge < -0.3 is 14.4 Å². The summed E-state index contributed by atoms with van der Waals surface area (Å²) in [7, 11) is 1.54. The molecule has 1 aromatic carbocycles. The molecular weight excluding hydrogens is 485 g/mol. The summed E-state index contributed by atoms with van der Waals surface area (Å²) in [6.45, 7) is 2.99. The third kappa shape index (κ3) is 5.35. The number of amides is 1. The summed E-state index contributed by atoms with van der Waals surface area (Å²) >= 11 is 18.4. The molecule has 2 aromatic heterocycles. The summed E-state index contributed by atoms with van der Waals surface area (Å²) in [6.07, 6.45) is 2.84. The summed E-state index contributed by atoms with van der Waals surface area (Å²) in [5, 5.41) is 1.50. The molecule has 1 unspecified atom stereocenters. The van der Waals surface area contributed by atoms with Crippen molar-refractivity contribution in [2.75, 3.05) is 20.2 Å². The van der Waals surface area contributed by atoms with Crippen molar-refractivity contribution in [1.29, 1.82) is 0 Å². The normalized spacial score (nSPS) is 18.8. The number of hydrogen-bond acceptors (Lipinski definition) is 5. The number of halogens is 3. The van der Waals surface area contributed by atoms with Gasteiger partial charge in [0.05, 0.1) is 27.7 Å². The molecule has 0 aliphatic carbocycles. The van der Waals surface area contributed by atoms with E-state index in [0.29, 0.717) is 45.5 Å². The molecular formula is C24H22Cl3N3O3. The second-order valence-corrected chi connectivity index (χ2v) is 9.13. The third-order valence-corrected chi connectivity index (χ3v) is 6.79. The molecule has 1 fully saturated rings. The fourth-order valence-corrected chi connectivity index (χ4v) is 4.50. The fourth-order valence-electron chi connectivity index (χ4n) is 4.09. The van der Waals surface area contributed by atoms with Crippen LogP contribution < -0.4 is 9.47 Å². The summed E-state index contributed by atoms with van der Waals surface area (Å²) in [5.74, 6) is 0.822. The molecule has 1 aliphatic rings. The Balaban J connectivity index is 1.60. The van der Waals surface area contributed by atoms with E-state index in [4.69, 9.17) is 44.3 Å². The molecule has 172 valence electrons. The first-order valence-electron chi connectivity index (χ1n) is 10.4. The molecule has 0 bridgehead atoms. The lowest BCUT2D eigenvalue weighted by molar-refractivity contribution is 0.0769. The van der Waals surface area contributed by atoms with Crippen LogP contribution in [0.2, 0.25) is 15.1 Å². The highest BCUT2D eigenvalue weighted by atomic mass is 35.5. The van der Waals surface area contributed by atoms with E-state index in [2.05, 4.69) is 9.97 Å². The van der Waals surface area contributed by atoms with Crippen molar-refractivity contribution in [2.45, 2.75) is 18.9 Å². The number of nitrogens with zero attached hydrogens (tertiary/aromatic N) is 3. The molecule has 0 N–H and O–H groups in total. The van der Waals surface area contributed by atoms with Gasteiger partial charge in [0.2, 0.25) is 11.8 Å². The van der Waals surface area contributed by atoms with Crippen LogP contribution in [0.5, 0.6) is 11.8 Å². The largest absolute Gasteiger partial charge is 0.481 e. The lowest BCUT2D eigenvalue weighted by atomic mass is 9.86. The molecule has 1 amide bonds. The molecule has 0 spiro atoms. The van der Waals surface area contributed by atoms with Gasteiger partial charge in [-0.1, -0.05) is 40.9 Å². The standard InChI is InChI=1S/C24H22Cl3N3O3/c1-14(33-23-8-5-17(25)11-29-23)18-12-30(24(31)16-4-7-22(32-2)28-10-16)13-19(18)15-3-6-20(26)21(27)9-15/h3-11,14,18-19H,12-13H2,1-2H3/t14-,18?,19+/m1/s1. The zero-order chi connectivity index (χ0) is 23.5.